The molecule has 1 saturated heterocycles. The highest BCUT2D eigenvalue weighted by Gasteiger charge is 2.33. The zero-order valence-corrected chi connectivity index (χ0v) is 13.2. The molecule has 6 heteroatoms. The van der Waals surface area contributed by atoms with Crippen LogP contribution in [0, 0.1) is 5.92 Å². The Kier molecular flexibility index (Phi) is 4.65. The lowest BCUT2D eigenvalue weighted by Gasteiger charge is -2.35. The fourth-order valence-corrected chi connectivity index (χ4v) is 4.30. The molecule has 0 aliphatic carbocycles. The highest BCUT2D eigenvalue weighted by molar-refractivity contribution is 7.89. The van der Waals surface area contributed by atoms with Gasteiger partial charge in [-0.05, 0) is 44.7 Å². The van der Waals surface area contributed by atoms with E-state index in [1.807, 2.05) is 13.8 Å². The fraction of sp³-hybridized carbons (Fsp3) is 0.643. The number of pyridine rings is 1. The summed E-state index contributed by atoms with van der Waals surface area (Å²) in [5.41, 5.74) is 0. The molecule has 1 fully saturated rings. The summed E-state index contributed by atoms with van der Waals surface area (Å²) in [5.74, 6) is 1.29. The number of hydrogen-bond donors (Lipinski definition) is 1. The van der Waals surface area contributed by atoms with Crippen LogP contribution in [0.5, 0.6) is 0 Å². The standard InChI is InChI=1S/C14H23N3O2S/c1-4-15-14-6-5-13(10-16-14)20(18,19)17-8-7-11(2)9-12(17)3/h5-6,10-12H,4,7-9H2,1-3H3,(H,15,16). The number of nitrogens with one attached hydrogen (secondary N) is 1. The van der Waals surface area contributed by atoms with Crippen LogP contribution in [0.25, 0.3) is 0 Å². The van der Waals surface area contributed by atoms with Gasteiger partial charge in [-0.2, -0.15) is 4.31 Å². The molecule has 112 valence electrons. The molecule has 1 aliphatic rings. The topological polar surface area (TPSA) is 62.3 Å². The maximum absolute atomic E-state index is 12.6. The zero-order chi connectivity index (χ0) is 14.8. The Morgan fingerprint density at radius 1 is 1.40 bits per heavy atom. The van der Waals surface area contributed by atoms with Crippen LogP contribution in [-0.2, 0) is 10.0 Å². The van der Waals surface area contributed by atoms with Crippen LogP contribution in [0.4, 0.5) is 5.82 Å². The van der Waals surface area contributed by atoms with Gasteiger partial charge in [-0.25, -0.2) is 13.4 Å². The molecule has 0 radical (unpaired) electrons. The number of hydrogen-bond acceptors (Lipinski definition) is 4. The molecule has 0 aromatic carbocycles. The summed E-state index contributed by atoms with van der Waals surface area (Å²) in [5, 5.41) is 3.06. The minimum atomic E-state index is -3.42. The molecule has 20 heavy (non-hydrogen) atoms. The van der Waals surface area contributed by atoms with Gasteiger partial charge in [0.05, 0.1) is 0 Å². The van der Waals surface area contributed by atoms with Crippen molar-refractivity contribution in [2.24, 2.45) is 5.92 Å². The normalized spacial score (nSPS) is 24.6. The van der Waals surface area contributed by atoms with Crippen molar-refractivity contribution in [1.82, 2.24) is 9.29 Å². The lowest BCUT2D eigenvalue weighted by Crippen LogP contribution is -2.44. The highest BCUT2D eigenvalue weighted by Crippen LogP contribution is 2.28. The van der Waals surface area contributed by atoms with E-state index in [0.717, 1.165) is 19.4 Å². The van der Waals surface area contributed by atoms with Crippen molar-refractivity contribution in [1.29, 1.82) is 0 Å². The van der Waals surface area contributed by atoms with Gasteiger partial charge in [-0.1, -0.05) is 6.92 Å². The van der Waals surface area contributed by atoms with Gasteiger partial charge >= 0.3 is 0 Å². The Hall–Kier alpha value is -1.14. The van der Waals surface area contributed by atoms with E-state index in [2.05, 4.69) is 17.2 Å². The summed E-state index contributed by atoms with van der Waals surface area (Å²) in [6, 6.07) is 3.40. The second-order valence-corrected chi connectivity index (χ2v) is 7.39. The van der Waals surface area contributed by atoms with Gasteiger partial charge in [-0.3, -0.25) is 0 Å². The van der Waals surface area contributed by atoms with Crippen LogP contribution < -0.4 is 5.32 Å². The van der Waals surface area contributed by atoms with Crippen LogP contribution >= 0.6 is 0 Å². The van der Waals surface area contributed by atoms with Gasteiger partial charge < -0.3 is 5.32 Å². The van der Waals surface area contributed by atoms with E-state index in [0.29, 0.717) is 18.3 Å². The zero-order valence-electron chi connectivity index (χ0n) is 12.3. The molecular formula is C14H23N3O2S. The third kappa shape index (κ3) is 3.12. The molecule has 1 aromatic heterocycles. The van der Waals surface area contributed by atoms with Gasteiger partial charge in [-0.15, -0.1) is 0 Å². The monoisotopic (exact) mass is 297 g/mol. The SMILES string of the molecule is CCNc1ccc(S(=O)(=O)N2CCC(C)CC2C)cn1. The molecule has 0 bridgehead atoms. The van der Waals surface area contributed by atoms with E-state index >= 15 is 0 Å². The molecule has 2 rings (SSSR count). The van der Waals surface area contributed by atoms with Gasteiger partial charge in [0.25, 0.3) is 0 Å². The molecule has 2 atom stereocenters. The first kappa shape index (κ1) is 15.3. The molecule has 0 amide bonds. The maximum atomic E-state index is 12.6. The number of anilines is 1. The number of aromatic nitrogens is 1. The summed E-state index contributed by atoms with van der Waals surface area (Å²) < 4.78 is 26.9. The third-order valence-corrected chi connectivity index (χ3v) is 5.78. The second kappa shape index (κ2) is 6.10. The van der Waals surface area contributed by atoms with Crippen LogP contribution in [0.15, 0.2) is 23.2 Å². The van der Waals surface area contributed by atoms with E-state index in [1.165, 1.54) is 6.20 Å². The molecule has 0 spiro atoms. The van der Waals surface area contributed by atoms with Crippen molar-refractivity contribution in [2.45, 2.75) is 44.6 Å². The predicted octanol–water partition coefficient (Wildman–Crippen LogP) is 2.32. The Balaban J connectivity index is 2.21. The number of rotatable bonds is 4. The smallest absolute Gasteiger partial charge is 0.244 e. The minimum Gasteiger partial charge on any atom is -0.370 e. The van der Waals surface area contributed by atoms with Crippen LogP contribution in [0.2, 0.25) is 0 Å². The first-order chi connectivity index (χ1) is 9.45. The molecule has 2 unspecified atom stereocenters. The van der Waals surface area contributed by atoms with Crippen molar-refractivity contribution in [3.8, 4) is 0 Å². The van der Waals surface area contributed by atoms with Gasteiger partial charge in [0, 0.05) is 25.3 Å². The first-order valence-corrected chi connectivity index (χ1v) is 8.61. The first-order valence-electron chi connectivity index (χ1n) is 7.17. The van der Waals surface area contributed by atoms with Crippen molar-refractivity contribution in [3.05, 3.63) is 18.3 Å². The lowest BCUT2D eigenvalue weighted by atomic mass is 9.95. The molecular weight excluding hydrogens is 274 g/mol. The lowest BCUT2D eigenvalue weighted by molar-refractivity contribution is 0.220. The minimum absolute atomic E-state index is 0.0530. The Bertz CT molecular complexity index is 542. The van der Waals surface area contributed by atoms with E-state index in [4.69, 9.17) is 0 Å². The molecule has 2 heterocycles. The van der Waals surface area contributed by atoms with Gasteiger partial charge in [0.1, 0.15) is 10.7 Å². The second-order valence-electron chi connectivity index (χ2n) is 5.50. The fourth-order valence-electron chi connectivity index (χ4n) is 2.70. The van der Waals surface area contributed by atoms with Crippen LogP contribution in [0.1, 0.15) is 33.6 Å². The van der Waals surface area contributed by atoms with Crippen LogP contribution in [0.3, 0.4) is 0 Å². The molecule has 1 aliphatic heterocycles. The summed E-state index contributed by atoms with van der Waals surface area (Å²) in [6.07, 6.45) is 3.28. The van der Waals surface area contributed by atoms with Crippen molar-refractivity contribution >= 4 is 15.8 Å². The molecule has 5 nitrogen and oxygen atoms in total. The third-order valence-electron chi connectivity index (χ3n) is 3.78. The average Bonchev–Trinajstić information content (AvgIpc) is 2.39. The van der Waals surface area contributed by atoms with Crippen molar-refractivity contribution in [2.75, 3.05) is 18.4 Å². The van der Waals surface area contributed by atoms with E-state index < -0.39 is 10.0 Å². The van der Waals surface area contributed by atoms with Crippen molar-refractivity contribution in [3.63, 3.8) is 0 Å². The summed E-state index contributed by atoms with van der Waals surface area (Å²) >= 11 is 0. The average molecular weight is 297 g/mol. The van der Waals surface area contributed by atoms with E-state index in [-0.39, 0.29) is 10.9 Å². The molecule has 1 aromatic rings. The Morgan fingerprint density at radius 2 is 2.15 bits per heavy atom. The number of piperidine rings is 1. The maximum Gasteiger partial charge on any atom is 0.244 e. The Labute approximate surface area is 121 Å². The summed E-state index contributed by atoms with van der Waals surface area (Å²) in [7, 11) is -3.42. The molecule has 1 N–H and O–H groups in total. The predicted molar refractivity (Wildman–Crippen MR) is 80.2 cm³/mol. The highest BCUT2D eigenvalue weighted by atomic mass is 32.2. The van der Waals surface area contributed by atoms with Crippen LogP contribution in [-0.4, -0.2) is 36.8 Å². The summed E-state index contributed by atoms with van der Waals surface area (Å²) in [6.45, 7) is 7.49. The van der Waals surface area contributed by atoms with E-state index in [9.17, 15) is 8.42 Å². The Morgan fingerprint density at radius 3 is 2.70 bits per heavy atom. The molecule has 0 saturated carbocycles. The number of nitrogens with zero attached hydrogens (tertiary/aromatic N) is 2. The number of sulfonamides is 1. The quantitative estimate of drug-likeness (QED) is 0.926. The largest absolute Gasteiger partial charge is 0.370 e. The van der Waals surface area contributed by atoms with Gasteiger partial charge in [0.2, 0.25) is 10.0 Å². The summed E-state index contributed by atoms with van der Waals surface area (Å²) in [4.78, 5) is 4.43. The van der Waals surface area contributed by atoms with E-state index in [1.54, 1.807) is 16.4 Å². The van der Waals surface area contributed by atoms with Crippen molar-refractivity contribution < 1.29 is 8.42 Å². The van der Waals surface area contributed by atoms with Gasteiger partial charge in [0.15, 0.2) is 0 Å².